The van der Waals surface area contributed by atoms with Gasteiger partial charge in [0.25, 0.3) is 0 Å². The molecule has 0 aliphatic rings. The highest BCUT2D eigenvalue weighted by atomic mass is 35.5. The first-order valence-electron chi connectivity index (χ1n) is 13.5. The lowest BCUT2D eigenvalue weighted by Crippen LogP contribution is -2.46. The zero-order chi connectivity index (χ0) is 30.2. The number of carbonyl (C=O) groups is 1. The van der Waals surface area contributed by atoms with Gasteiger partial charge in [-0.05, 0) is 73.9 Å². The number of carboxylic acid groups (broad SMARTS) is 1. The van der Waals surface area contributed by atoms with Gasteiger partial charge in [0.1, 0.15) is 4.90 Å². The normalized spacial score (nSPS) is 13.0. The third-order valence-corrected chi connectivity index (χ3v) is 9.69. The van der Waals surface area contributed by atoms with E-state index < -0.39 is 22.1 Å². The van der Waals surface area contributed by atoms with Gasteiger partial charge in [0.05, 0.1) is 16.1 Å². The van der Waals surface area contributed by atoms with Crippen molar-refractivity contribution in [2.45, 2.75) is 62.5 Å². The van der Waals surface area contributed by atoms with Crippen molar-refractivity contribution in [2.24, 2.45) is 0 Å². The number of carboxylic acids is 1. The zero-order valence-corrected chi connectivity index (χ0v) is 25.9. The van der Waals surface area contributed by atoms with Crippen LogP contribution >= 0.6 is 23.2 Å². The Morgan fingerprint density at radius 1 is 0.951 bits per heavy atom. The number of halogens is 2. The molecule has 3 rings (SSSR count). The van der Waals surface area contributed by atoms with Crippen LogP contribution in [0.15, 0.2) is 71.6 Å². The second-order valence-electron chi connectivity index (χ2n) is 10.9. The summed E-state index contributed by atoms with van der Waals surface area (Å²) < 4.78 is 27.9. The number of nitrogens with one attached hydrogen (secondary N) is 1. The van der Waals surface area contributed by atoms with Gasteiger partial charge in [-0.15, -0.1) is 0 Å². The number of benzene rings is 3. The van der Waals surface area contributed by atoms with Crippen LogP contribution in [0.5, 0.6) is 0 Å². The molecule has 1 unspecified atom stereocenters. The molecule has 3 aromatic carbocycles. The number of nitrogens with zero attached hydrogens (tertiary/aromatic N) is 1. The number of aryl methyl sites for hydroxylation is 2. The van der Waals surface area contributed by atoms with Crippen molar-refractivity contribution in [3.8, 4) is 11.1 Å². The molecule has 7 nitrogen and oxygen atoms in total. The van der Waals surface area contributed by atoms with Crippen LogP contribution < -0.4 is 5.32 Å². The van der Waals surface area contributed by atoms with E-state index in [1.165, 1.54) is 24.7 Å². The van der Waals surface area contributed by atoms with E-state index in [1.54, 1.807) is 6.07 Å². The Hall–Kier alpha value is -2.46. The summed E-state index contributed by atoms with van der Waals surface area (Å²) in [7, 11) is -2.72. The van der Waals surface area contributed by atoms with E-state index in [4.69, 9.17) is 28.3 Å². The van der Waals surface area contributed by atoms with Crippen LogP contribution in [0.1, 0.15) is 44.2 Å². The molecule has 3 aromatic rings. The van der Waals surface area contributed by atoms with Crippen molar-refractivity contribution in [1.29, 1.82) is 0 Å². The highest BCUT2D eigenvalue weighted by molar-refractivity contribution is 7.89. The van der Waals surface area contributed by atoms with Crippen molar-refractivity contribution in [3.63, 3.8) is 0 Å². The fourth-order valence-electron chi connectivity index (χ4n) is 4.61. The summed E-state index contributed by atoms with van der Waals surface area (Å²) in [4.78, 5) is 10.7. The van der Waals surface area contributed by atoms with Crippen LogP contribution in [0, 0.1) is 0 Å². The fraction of sp³-hybridized carbons (Fsp3) is 0.387. The molecule has 222 valence electrons. The SMILES string of the molecule is CN(CC(O)CNC(C)(C)CCCc1ccccc1)S(=O)(=O)c1c(Cl)cc(-c2cccc(CCC(=O)O)c2)cc1Cl. The molecule has 0 spiro atoms. The predicted octanol–water partition coefficient (Wildman–Crippen LogP) is 6.05. The summed E-state index contributed by atoms with van der Waals surface area (Å²) >= 11 is 12.9. The molecule has 0 aromatic heterocycles. The third kappa shape index (κ3) is 9.81. The molecule has 0 radical (unpaired) electrons. The quantitative estimate of drug-likeness (QED) is 0.191. The highest BCUT2D eigenvalue weighted by Gasteiger charge is 2.29. The van der Waals surface area contributed by atoms with Gasteiger partial charge in [0.2, 0.25) is 10.0 Å². The number of likely N-dealkylation sites (N-methyl/N-ethyl adjacent to an activating group) is 1. The summed E-state index contributed by atoms with van der Waals surface area (Å²) in [6, 6.07) is 20.6. The maximum atomic E-state index is 13.4. The Bertz CT molecular complexity index is 1410. The second kappa shape index (κ2) is 14.6. The molecule has 0 amide bonds. The number of hydrogen-bond donors (Lipinski definition) is 3. The predicted molar refractivity (Wildman–Crippen MR) is 165 cm³/mol. The molecule has 0 bridgehead atoms. The topological polar surface area (TPSA) is 107 Å². The van der Waals surface area contributed by atoms with E-state index in [1.807, 2.05) is 36.4 Å². The van der Waals surface area contributed by atoms with Crippen molar-refractivity contribution in [1.82, 2.24) is 9.62 Å². The first-order valence-corrected chi connectivity index (χ1v) is 15.7. The maximum absolute atomic E-state index is 13.4. The minimum atomic E-state index is -4.10. The first kappa shape index (κ1) is 33.0. The molecular formula is C31H38Cl2N2O5S. The number of aliphatic hydroxyl groups excluding tert-OH is 1. The summed E-state index contributed by atoms with van der Waals surface area (Å²) in [5.74, 6) is -0.886. The van der Waals surface area contributed by atoms with E-state index in [-0.39, 0.29) is 40.0 Å². The van der Waals surface area contributed by atoms with Gasteiger partial charge < -0.3 is 15.5 Å². The number of sulfonamides is 1. The first-order chi connectivity index (χ1) is 19.3. The Balaban J connectivity index is 1.62. The summed E-state index contributed by atoms with van der Waals surface area (Å²) in [6.45, 7) is 4.20. The zero-order valence-electron chi connectivity index (χ0n) is 23.6. The largest absolute Gasteiger partial charge is 0.481 e. The fourth-order valence-corrected chi connectivity index (χ4v) is 6.97. The minimum Gasteiger partial charge on any atom is -0.481 e. The molecule has 0 saturated heterocycles. The average molecular weight is 622 g/mol. The van der Waals surface area contributed by atoms with E-state index in [9.17, 15) is 18.3 Å². The average Bonchev–Trinajstić information content (AvgIpc) is 2.91. The van der Waals surface area contributed by atoms with Crippen molar-refractivity contribution in [3.05, 3.63) is 87.9 Å². The number of aliphatic carboxylic acids is 1. The molecule has 0 heterocycles. The van der Waals surface area contributed by atoms with Crippen LogP contribution in [0.4, 0.5) is 0 Å². The molecule has 10 heteroatoms. The van der Waals surface area contributed by atoms with Gasteiger partial charge in [-0.2, -0.15) is 4.31 Å². The van der Waals surface area contributed by atoms with E-state index in [0.717, 1.165) is 34.7 Å². The lowest BCUT2D eigenvalue weighted by atomic mass is 9.95. The van der Waals surface area contributed by atoms with Crippen LogP contribution in [-0.4, -0.2) is 60.7 Å². The minimum absolute atomic E-state index is 0.00160. The van der Waals surface area contributed by atoms with Crippen LogP contribution in [0.25, 0.3) is 11.1 Å². The third-order valence-electron chi connectivity index (χ3n) is 6.95. The van der Waals surface area contributed by atoms with Crippen molar-refractivity contribution < 1.29 is 23.4 Å². The standard InChI is InChI=1S/C31H38Cl2N2O5S/c1-31(2,16-8-12-22-9-5-4-6-10-22)34-20-26(36)21-35(3)41(39,40)30-27(32)18-25(19-28(30)33)24-13-7-11-23(17-24)14-15-29(37)38/h4-7,9-11,13,17-19,26,34,36H,8,12,14-16,20-21H2,1-3H3,(H,37,38). The van der Waals surface area contributed by atoms with Gasteiger partial charge >= 0.3 is 5.97 Å². The molecule has 0 aliphatic heterocycles. The molecule has 0 fully saturated rings. The molecule has 1 atom stereocenters. The van der Waals surface area contributed by atoms with Gasteiger partial charge in [-0.3, -0.25) is 4.79 Å². The summed E-state index contributed by atoms with van der Waals surface area (Å²) in [5.41, 5.74) is 3.22. The molecule has 0 saturated carbocycles. The monoisotopic (exact) mass is 620 g/mol. The summed E-state index contributed by atoms with van der Waals surface area (Å²) in [6.07, 6.45) is 2.25. The van der Waals surface area contributed by atoms with E-state index in [2.05, 4.69) is 31.3 Å². The Morgan fingerprint density at radius 2 is 1.59 bits per heavy atom. The number of aliphatic hydroxyl groups is 1. The van der Waals surface area contributed by atoms with Crippen molar-refractivity contribution >= 4 is 39.2 Å². The van der Waals surface area contributed by atoms with E-state index >= 15 is 0 Å². The second-order valence-corrected chi connectivity index (χ2v) is 13.7. The number of rotatable bonds is 15. The number of hydrogen-bond acceptors (Lipinski definition) is 5. The Labute approximate surface area is 253 Å². The molecular weight excluding hydrogens is 583 g/mol. The highest BCUT2D eigenvalue weighted by Crippen LogP contribution is 2.36. The smallest absolute Gasteiger partial charge is 0.303 e. The maximum Gasteiger partial charge on any atom is 0.303 e. The van der Waals surface area contributed by atoms with Gasteiger partial charge in [-0.1, -0.05) is 77.8 Å². The van der Waals surface area contributed by atoms with Crippen LogP contribution in [0.3, 0.4) is 0 Å². The molecule has 0 aliphatic carbocycles. The molecule has 41 heavy (non-hydrogen) atoms. The summed E-state index contributed by atoms with van der Waals surface area (Å²) in [5, 5.41) is 22.9. The Kier molecular flexibility index (Phi) is 11.8. The van der Waals surface area contributed by atoms with Crippen LogP contribution in [-0.2, 0) is 27.7 Å². The molecule has 3 N–H and O–H groups in total. The van der Waals surface area contributed by atoms with Crippen LogP contribution in [0.2, 0.25) is 10.0 Å². The van der Waals surface area contributed by atoms with Gasteiger partial charge in [-0.25, -0.2) is 8.42 Å². The lowest BCUT2D eigenvalue weighted by molar-refractivity contribution is -0.136. The van der Waals surface area contributed by atoms with Gasteiger partial charge in [0, 0.05) is 32.1 Å². The van der Waals surface area contributed by atoms with Crippen molar-refractivity contribution in [2.75, 3.05) is 20.1 Å². The van der Waals surface area contributed by atoms with Gasteiger partial charge in [0.15, 0.2) is 0 Å². The Morgan fingerprint density at radius 3 is 2.22 bits per heavy atom. The van der Waals surface area contributed by atoms with E-state index in [0.29, 0.717) is 12.0 Å². The lowest BCUT2D eigenvalue weighted by Gasteiger charge is -2.29. The number of β-amino-alcohol motifs (C(OH)–C–C–N with tert-alkyl or cyclic N) is 1.